The topological polar surface area (TPSA) is 52.6 Å². The molecule has 0 spiro atoms. The quantitative estimate of drug-likeness (QED) is 0.592. The Balaban J connectivity index is 4.35. The SMILES string of the molecule is CCN(CC)CCCN(CC)C(=O)C(CS)NC(C)=O. The molecular weight excluding hydrogens is 274 g/mol. The van der Waals surface area contributed by atoms with Crippen LogP contribution in [0, 0.1) is 0 Å². The predicted octanol–water partition coefficient (Wildman–Crippen LogP) is 1.00. The van der Waals surface area contributed by atoms with Crippen molar-refractivity contribution < 1.29 is 9.59 Å². The van der Waals surface area contributed by atoms with E-state index in [9.17, 15) is 9.59 Å². The molecule has 0 aromatic rings. The van der Waals surface area contributed by atoms with Gasteiger partial charge >= 0.3 is 0 Å². The van der Waals surface area contributed by atoms with E-state index in [4.69, 9.17) is 0 Å². The summed E-state index contributed by atoms with van der Waals surface area (Å²) >= 11 is 4.15. The lowest BCUT2D eigenvalue weighted by atomic mass is 10.2. The largest absolute Gasteiger partial charge is 0.344 e. The highest BCUT2D eigenvalue weighted by Gasteiger charge is 2.22. The molecule has 1 unspecified atom stereocenters. The van der Waals surface area contributed by atoms with Crippen LogP contribution in [0.4, 0.5) is 0 Å². The van der Waals surface area contributed by atoms with Crippen LogP contribution in [0.1, 0.15) is 34.1 Å². The fraction of sp³-hybridized carbons (Fsp3) is 0.857. The number of nitrogens with one attached hydrogen (secondary N) is 1. The van der Waals surface area contributed by atoms with E-state index in [0.29, 0.717) is 12.3 Å². The van der Waals surface area contributed by atoms with Crippen molar-refractivity contribution in [2.24, 2.45) is 0 Å². The third kappa shape index (κ3) is 7.14. The van der Waals surface area contributed by atoms with E-state index in [2.05, 4.69) is 36.7 Å². The zero-order chi connectivity index (χ0) is 15.5. The Morgan fingerprint density at radius 1 is 1.10 bits per heavy atom. The Kier molecular flexibility index (Phi) is 10.6. The molecule has 118 valence electrons. The number of thiol groups is 1. The summed E-state index contributed by atoms with van der Waals surface area (Å²) in [6.07, 6.45) is 0.945. The second kappa shape index (κ2) is 11.0. The summed E-state index contributed by atoms with van der Waals surface area (Å²) < 4.78 is 0. The predicted molar refractivity (Wildman–Crippen MR) is 86.1 cm³/mol. The van der Waals surface area contributed by atoms with Crippen molar-refractivity contribution >= 4 is 24.4 Å². The number of hydrogen-bond donors (Lipinski definition) is 2. The maximum Gasteiger partial charge on any atom is 0.245 e. The zero-order valence-corrected chi connectivity index (χ0v) is 14.1. The van der Waals surface area contributed by atoms with Crippen LogP contribution in [0.5, 0.6) is 0 Å². The van der Waals surface area contributed by atoms with Crippen LogP contribution in [-0.4, -0.2) is 66.1 Å². The summed E-state index contributed by atoms with van der Waals surface area (Å²) in [5.74, 6) is 0.0825. The molecular formula is C14H29N3O2S. The molecule has 0 bridgehead atoms. The first-order valence-corrected chi connectivity index (χ1v) is 8.02. The van der Waals surface area contributed by atoms with Crippen LogP contribution in [0.2, 0.25) is 0 Å². The average molecular weight is 303 g/mol. The van der Waals surface area contributed by atoms with E-state index >= 15 is 0 Å². The molecule has 0 aromatic heterocycles. The van der Waals surface area contributed by atoms with Gasteiger partial charge in [-0.25, -0.2) is 0 Å². The summed E-state index contributed by atoms with van der Waals surface area (Å²) in [6, 6.07) is -0.524. The Morgan fingerprint density at radius 2 is 1.70 bits per heavy atom. The molecule has 0 saturated heterocycles. The lowest BCUT2D eigenvalue weighted by Gasteiger charge is -2.27. The number of nitrogens with zero attached hydrogens (tertiary/aromatic N) is 2. The summed E-state index contributed by atoms with van der Waals surface area (Å²) in [5, 5.41) is 2.65. The standard InChI is InChI=1S/C14H29N3O2S/c1-5-16(6-2)9-8-10-17(7-3)14(19)13(11-20)15-12(4)18/h13,20H,5-11H2,1-4H3,(H,15,18). The highest BCUT2D eigenvalue weighted by atomic mass is 32.1. The van der Waals surface area contributed by atoms with Gasteiger partial charge in [-0.05, 0) is 33.0 Å². The molecule has 2 amide bonds. The number of carbonyl (C=O) groups is 2. The third-order valence-electron chi connectivity index (χ3n) is 3.35. The molecule has 1 atom stereocenters. The van der Waals surface area contributed by atoms with Gasteiger partial charge in [0.2, 0.25) is 11.8 Å². The fourth-order valence-corrected chi connectivity index (χ4v) is 2.35. The molecule has 0 heterocycles. The van der Waals surface area contributed by atoms with Crippen LogP contribution >= 0.6 is 12.6 Å². The van der Waals surface area contributed by atoms with Crippen LogP contribution in [0.3, 0.4) is 0 Å². The summed E-state index contributed by atoms with van der Waals surface area (Å²) in [5.41, 5.74) is 0. The Hall–Kier alpha value is -0.750. The number of hydrogen-bond acceptors (Lipinski definition) is 4. The van der Waals surface area contributed by atoms with Gasteiger partial charge in [-0.2, -0.15) is 12.6 Å². The maximum absolute atomic E-state index is 12.3. The van der Waals surface area contributed by atoms with Crippen molar-refractivity contribution in [1.29, 1.82) is 0 Å². The lowest BCUT2D eigenvalue weighted by Crippen LogP contribution is -2.49. The Morgan fingerprint density at radius 3 is 2.10 bits per heavy atom. The van der Waals surface area contributed by atoms with Gasteiger partial charge in [0, 0.05) is 25.8 Å². The van der Waals surface area contributed by atoms with Gasteiger partial charge in [-0.1, -0.05) is 13.8 Å². The second-order valence-corrected chi connectivity index (χ2v) is 5.10. The van der Waals surface area contributed by atoms with Crippen LogP contribution in [0.15, 0.2) is 0 Å². The van der Waals surface area contributed by atoms with Gasteiger partial charge in [0.25, 0.3) is 0 Å². The number of carbonyl (C=O) groups excluding carboxylic acids is 2. The van der Waals surface area contributed by atoms with Crippen LogP contribution in [-0.2, 0) is 9.59 Å². The van der Waals surface area contributed by atoms with Crippen LogP contribution in [0.25, 0.3) is 0 Å². The second-order valence-electron chi connectivity index (χ2n) is 4.73. The van der Waals surface area contributed by atoms with Gasteiger partial charge in [-0.3, -0.25) is 9.59 Å². The minimum Gasteiger partial charge on any atom is -0.344 e. The molecule has 0 aliphatic heterocycles. The van der Waals surface area contributed by atoms with Gasteiger partial charge in [0.1, 0.15) is 6.04 Å². The zero-order valence-electron chi connectivity index (χ0n) is 13.2. The van der Waals surface area contributed by atoms with Crippen molar-refractivity contribution in [1.82, 2.24) is 15.1 Å². The number of amides is 2. The molecule has 0 rings (SSSR count). The lowest BCUT2D eigenvalue weighted by molar-refractivity contribution is -0.135. The monoisotopic (exact) mass is 303 g/mol. The average Bonchev–Trinajstić information content (AvgIpc) is 2.44. The molecule has 0 saturated carbocycles. The van der Waals surface area contributed by atoms with Crippen molar-refractivity contribution in [2.75, 3.05) is 38.5 Å². The Labute approximate surface area is 128 Å². The Bertz CT molecular complexity index is 296. The smallest absolute Gasteiger partial charge is 0.245 e. The first kappa shape index (κ1) is 19.2. The van der Waals surface area contributed by atoms with Crippen LogP contribution < -0.4 is 5.32 Å². The summed E-state index contributed by atoms with van der Waals surface area (Å²) in [7, 11) is 0. The van der Waals surface area contributed by atoms with E-state index in [-0.39, 0.29) is 11.8 Å². The first-order chi connectivity index (χ1) is 9.49. The normalized spacial score (nSPS) is 12.3. The molecule has 6 heteroatoms. The van der Waals surface area contributed by atoms with Crippen molar-refractivity contribution in [3.8, 4) is 0 Å². The van der Waals surface area contributed by atoms with Gasteiger partial charge in [0.15, 0.2) is 0 Å². The number of rotatable bonds is 10. The van der Waals surface area contributed by atoms with E-state index in [1.54, 1.807) is 4.90 Å². The molecule has 0 radical (unpaired) electrons. The molecule has 0 fully saturated rings. The minimum atomic E-state index is -0.524. The highest BCUT2D eigenvalue weighted by molar-refractivity contribution is 7.80. The van der Waals surface area contributed by atoms with Gasteiger partial charge in [-0.15, -0.1) is 0 Å². The van der Waals surface area contributed by atoms with Gasteiger partial charge in [0.05, 0.1) is 0 Å². The first-order valence-electron chi connectivity index (χ1n) is 7.39. The molecule has 20 heavy (non-hydrogen) atoms. The molecule has 0 aliphatic carbocycles. The molecule has 1 N–H and O–H groups in total. The van der Waals surface area contributed by atoms with E-state index < -0.39 is 6.04 Å². The van der Waals surface area contributed by atoms with E-state index in [0.717, 1.165) is 32.6 Å². The van der Waals surface area contributed by atoms with Crippen molar-refractivity contribution in [2.45, 2.75) is 40.2 Å². The molecule has 5 nitrogen and oxygen atoms in total. The van der Waals surface area contributed by atoms with Crippen molar-refractivity contribution in [3.05, 3.63) is 0 Å². The van der Waals surface area contributed by atoms with E-state index in [1.807, 2.05) is 6.92 Å². The van der Waals surface area contributed by atoms with Gasteiger partial charge < -0.3 is 15.1 Å². The molecule has 0 aliphatic rings. The third-order valence-corrected chi connectivity index (χ3v) is 3.71. The summed E-state index contributed by atoms with van der Waals surface area (Å²) in [4.78, 5) is 27.5. The minimum absolute atomic E-state index is 0.0442. The highest BCUT2D eigenvalue weighted by Crippen LogP contribution is 2.01. The van der Waals surface area contributed by atoms with E-state index in [1.165, 1.54) is 6.92 Å². The summed E-state index contributed by atoms with van der Waals surface area (Å²) in [6.45, 7) is 12.1. The number of likely N-dealkylation sites (N-methyl/N-ethyl adjacent to an activating group) is 1. The maximum atomic E-state index is 12.3. The fourth-order valence-electron chi connectivity index (χ4n) is 2.10. The van der Waals surface area contributed by atoms with Crippen molar-refractivity contribution in [3.63, 3.8) is 0 Å². The molecule has 0 aromatic carbocycles.